The number of alkyl halides is 3. The summed E-state index contributed by atoms with van der Waals surface area (Å²) in [5.41, 5.74) is -1.57. The van der Waals surface area contributed by atoms with Crippen molar-refractivity contribution in [3.05, 3.63) is 60.4 Å². The molecule has 4 aromatic rings. The molecule has 0 radical (unpaired) electrons. The highest BCUT2D eigenvalue weighted by molar-refractivity contribution is 7.90. The van der Waals surface area contributed by atoms with Crippen LogP contribution in [0, 0.1) is 0 Å². The van der Waals surface area contributed by atoms with E-state index in [2.05, 4.69) is 34.4 Å². The van der Waals surface area contributed by atoms with E-state index in [0.29, 0.717) is 32.1 Å². The van der Waals surface area contributed by atoms with Gasteiger partial charge in [0.1, 0.15) is 11.4 Å². The number of nitrogens with one attached hydrogen (secondary N) is 2. The van der Waals surface area contributed by atoms with E-state index in [-0.39, 0.29) is 45.1 Å². The van der Waals surface area contributed by atoms with E-state index in [0.717, 1.165) is 23.0 Å². The maximum Gasteiger partial charge on any atom is 0.419 e. The van der Waals surface area contributed by atoms with E-state index in [4.69, 9.17) is 9.72 Å². The van der Waals surface area contributed by atoms with Gasteiger partial charge in [-0.15, -0.1) is 0 Å². The van der Waals surface area contributed by atoms with E-state index in [9.17, 15) is 21.6 Å². The van der Waals surface area contributed by atoms with Crippen molar-refractivity contribution in [3.63, 3.8) is 0 Å². The molecule has 2 N–H and O–H groups in total. The van der Waals surface area contributed by atoms with Crippen molar-refractivity contribution in [1.82, 2.24) is 24.2 Å². The molecular weight excluding hydrogens is 595 g/mol. The van der Waals surface area contributed by atoms with Gasteiger partial charge in [-0.3, -0.25) is 0 Å². The van der Waals surface area contributed by atoms with Crippen LogP contribution in [-0.2, 0) is 20.9 Å². The van der Waals surface area contributed by atoms with Crippen LogP contribution in [0.15, 0.2) is 59.8 Å². The number of morpholine rings is 1. The largest absolute Gasteiger partial charge is 0.419 e. The SMILES string of the molecule is C[C@H]1COCCN1c1ccc2c(-c3nc(N[C@H]4CCC(C)(C)NC4)ncc3C(F)(F)F)cn(S(=O)(=O)c3ccccc3)c2n1. The number of hydrogen-bond acceptors (Lipinski definition) is 9. The first-order chi connectivity index (χ1) is 20.8. The first-order valence-electron chi connectivity index (χ1n) is 14.5. The average molecular weight is 630 g/mol. The summed E-state index contributed by atoms with van der Waals surface area (Å²) in [4.78, 5) is 15.0. The number of benzene rings is 1. The molecule has 1 aromatic carbocycles. The molecule has 2 fully saturated rings. The molecule has 2 saturated heterocycles. The Bertz CT molecular complexity index is 1770. The van der Waals surface area contributed by atoms with Crippen LogP contribution in [0.2, 0.25) is 0 Å². The molecule has 3 aromatic heterocycles. The molecule has 0 amide bonds. The fourth-order valence-corrected chi connectivity index (χ4v) is 7.00. The summed E-state index contributed by atoms with van der Waals surface area (Å²) in [5, 5.41) is 6.79. The van der Waals surface area contributed by atoms with E-state index in [1.807, 2.05) is 11.8 Å². The molecule has 0 spiro atoms. The standard InChI is InChI=1S/C30H34F3N7O3S/c1-19-18-43-14-13-39(19)25-10-9-22-23(17-40(27(22)37-25)44(41,42)21-7-5-4-6-8-21)26-24(30(31,32)33)16-34-28(38-26)36-20-11-12-29(2,3)35-15-20/h4-10,16-17,19-20,35H,11-15,18H2,1-3H3,(H,34,36,38)/t19-,20-/m0/s1. The molecule has 44 heavy (non-hydrogen) atoms. The zero-order chi connectivity index (χ0) is 31.3. The van der Waals surface area contributed by atoms with Gasteiger partial charge in [-0.2, -0.15) is 13.2 Å². The fourth-order valence-electron chi connectivity index (χ4n) is 5.66. The van der Waals surface area contributed by atoms with Crippen LogP contribution >= 0.6 is 0 Å². The lowest BCUT2D eigenvalue weighted by molar-refractivity contribution is -0.137. The summed E-state index contributed by atoms with van der Waals surface area (Å²) in [6, 6.07) is 10.9. The van der Waals surface area contributed by atoms with Crippen LogP contribution in [0.25, 0.3) is 22.3 Å². The number of pyridine rings is 1. The van der Waals surface area contributed by atoms with Crippen molar-refractivity contribution in [2.24, 2.45) is 0 Å². The molecule has 234 valence electrons. The van der Waals surface area contributed by atoms with E-state index < -0.39 is 27.5 Å². The maximum atomic E-state index is 14.4. The van der Waals surface area contributed by atoms with Crippen LogP contribution in [-0.4, -0.2) is 71.3 Å². The molecule has 5 heterocycles. The van der Waals surface area contributed by atoms with Gasteiger partial charge in [0.05, 0.1) is 29.8 Å². The normalized spacial score (nSPS) is 21.0. The topological polar surface area (TPSA) is 114 Å². The Hall–Kier alpha value is -3.75. The van der Waals surface area contributed by atoms with Crippen molar-refractivity contribution < 1.29 is 26.3 Å². The smallest absolute Gasteiger partial charge is 0.377 e. The highest BCUT2D eigenvalue weighted by Gasteiger charge is 2.37. The second-order valence-electron chi connectivity index (χ2n) is 11.9. The first kappa shape index (κ1) is 30.3. The second-order valence-corrected chi connectivity index (χ2v) is 13.7. The van der Waals surface area contributed by atoms with E-state index >= 15 is 0 Å². The molecule has 6 rings (SSSR count). The van der Waals surface area contributed by atoms with Crippen LogP contribution < -0.4 is 15.5 Å². The molecule has 2 aliphatic heterocycles. The summed E-state index contributed by atoms with van der Waals surface area (Å²) >= 11 is 0. The quantitative estimate of drug-likeness (QED) is 0.307. The minimum absolute atomic E-state index is 0.00000254. The molecule has 2 atom stereocenters. The molecule has 0 aliphatic carbocycles. The lowest BCUT2D eigenvalue weighted by Crippen LogP contribution is -2.50. The number of ether oxygens (including phenoxy) is 1. The highest BCUT2D eigenvalue weighted by Crippen LogP contribution is 2.40. The van der Waals surface area contributed by atoms with Crippen LogP contribution in [0.5, 0.6) is 0 Å². The zero-order valence-corrected chi connectivity index (χ0v) is 25.4. The van der Waals surface area contributed by atoms with Gasteiger partial charge in [0, 0.05) is 48.0 Å². The number of rotatable bonds is 6. The minimum atomic E-state index is -4.80. The first-order valence-corrected chi connectivity index (χ1v) is 15.9. The van der Waals surface area contributed by atoms with Gasteiger partial charge in [0.15, 0.2) is 5.65 Å². The molecule has 10 nitrogen and oxygen atoms in total. The fraction of sp³-hybridized carbons (Fsp3) is 0.433. The third kappa shape index (κ3) is 5.85. The Morgan fingerprint density at radius 3 is 2.57 bits per heavy atom. The monoisotopic (exact) mass is 629 g/mol. The predicted octanol–water partition coefficient (Wildman–Crippen LogP) is 4.92. The molecule has 14 heteroatoms. The van der Waals surface area contributed by atoms with Gasteiger partial charge in [-0.05, 0) is 57.9 Å². The maximum absolute atomic E-state index is 14.4. The lowest BCUT2D eigenvalue weighted by Gasteiger charge is -2.36. The van der Waals surface area contributed by atoms with Gasteiger partial charge in [-0.1, -0.05) is 18.2 Å². The molecular formula is C30H34F3N7O3S. The Balaban J connectivity index is 1.52. The van der Waals surface area contributed by atoms with Gasteiger partial charge in [0.2, 0.25) is 5.95 Å². The Labute approximate surface area is 253 Å². The summed E-state index contributed by atoms with van der Waals surface area (Å²) in [6.07, 6.45) is -1.23. The summed E-state index contributed by atoms with van der Waals surface area (Å²) in [5.74, 6) is 0.523. The summed E-state index contributed by atoms with van der Waals surface area (Å²) in [6.45, 7) is 8.21. The molecule has 0 saturated carbocycles. The average Bonchev–Trinajstić information content (AvgIpc) is 3.38. The number of aromatic nitrogens is 4. The van der Waals surface area contributed by atoms with Gasteiger partial charge >= 0.3 is 6.18 Å². The van der Waals surface area contributed by atoms with E-state index in [1.54, 1.807) is 30.3 Å². The summed E-state index contributed by atoms with van der Waals surface area (Å²) in [7, 11) is -4.24. The van der Waals surface area contributed by atoms with Crippen molar-refractivity contribution in [2.75, 3.05) is 36.5 Å². The summed E-state index contributed by atoms with van der Waals surface area (Å²) < 4.78 is 77.5. The number of anilines is 2. The molecule has 0 unspecified atom stereocenters. The Morgan fingerprint density at radius 2 is 1.89 bits per heavy atom. The number of nitrogens with zero attached hydrogens (tertiary/aromatic N) is 5. The zero-order valence-electron chi connectivity index (χ0n) is 24.6. The number of halogens is 3. The van der Waals surface area contributed by atoms with Gasteiger partial charge in [-0.25, -0.2) is 27.3 Å². The second kappa shape index (κ2) is 11.3. The third-order valence-corrected chi connectivity index (χ3v) is 9.86. The number of hydrogen-bond donors (Lipinski definition) is 2. The van der Waals surface area contributed by atoms with Crippen molar-refractivity contribution in [1.29, 1.82) is 0 Å². The molecule has 0 bridgehead atoms. The number of piperidine rings is 1. The molecule has 2 aliphatic rings. The minimum Gasteiger partial charge on any atom is -0.377 e. The predicted molar refractivity (Wildman–Crippen MR) is 161 cm³/mol. The van der Waals surface area contributed by atoms with Crippen LogP contribution in [0.1, 0.15) is 39.2 Å². The van der Waals surface area contributed by atoms with Crippen LogP contribution in [0.3, 0.4) is 0 Å². The van der Waals surface area contributed by atoms with E-state index in [1.165, 1.54) is 18.3 Å². The highest BCUT2D eigenvalue weighted by atomic mass is 32.2. The van der Waals surface area contributed by atoms with Crippen molar-refractivity contribution in [2.45, 2.75) is 62.3 Å². The Morgan fingerprint density at radius 1 is 1.11 bits per heavy atom. The Kier molecular flexibility index (Phi) is 7.79. The lowest BCUT2D eigenvalue weighted by atomic mass is 9.91. The van der Waals surface area contributed by atoms with Gasteiger partial charge < -0.3 is 20.3 Å². The van der Waals surface area contributed by atoms with Crippen LogP contribution in [0.4, 0.5) is 24.9 Å². The van der Waals surface area contributed by atoms with Crippen molar-refractivity contribution >= 4 is 32.8 Å². The van der Waals surface area contributed by atoms with Crippen molar-refractivity contribution in [3.8, 4) is 11.3 Å². The number of fused-ring (bicyclic) bond motifs is 1. The third-order valence-electron chi connectivity index (χ3n) is 8.19. The van der Waals surface area contributed by atoms with Gasteiger partial charge in [0.25, 0.3) is 10.0 Å².